The predicted octanol–water partition coefficient (Wildman–Crippen LogP) is 3.72. The Balaban J connectivity index is 1.94. The monoisotopic (exact) mass is 412 g/mol. The first-order valence-corrected chi connectivity index (χ1v) is 10.7. The number of anilines is 1. The molecular formula is C22H24N2O4S. The van der Waals surface area contributed by atoms with Crippen molar-refractivity contribution < 1.29 is 17.6 Å². The van der Waals surface area contributed by atoms with Crippen LogP contribution in [0.15, 0.2) is 70.2 Å². The number of carbonyl (C=O) groups is 1. The number of nitrogens with zero attached hydrogens (tertiary/aromatic N) is 1. The van der Waals surface area contributed by atoms with E-state index in [-0.39, 0.29) is 18.0 Å². The van der Waals surface area contributed by atoms with Gasteiger partial charge < -0.3 is 9.73 Å². The highest BCUT2D eigenvalue weighted by Gasteiger charge is 2.28. The molecule has 2 aromatic carbocycles. The van der Waals surface area contributed by atoms with Crippen LogP contribution in [-0.2, 0) is 21.4 Å². The van der Waals surface area contributed by atoms with Crippen LogP contribution in [0, 0.1) is 20.8 Å². The van der Waals surface area contributed by atoms with Gasteiger partial charge in [-0.05, 0) is 62.2 Å². The number of hydrogen-bond donors (Lipinski definition) is 1. The van der Waals surface area contributed by atoms with Crippen LogP contribution in [0.3, 0.4) is 0 Å². The first-order chi connectivity index (χ1) is 13.8. The molecule has 152 valence electrons. The van der Waals surface area contributed by atoms with E-state index >= 15 is 0 Å². The smallest absolute Gasteiger partial charge is 0.264 e. The number of furan rings is 1. The number of nitrogens with one attached hydrogen (secondary N) is 1. The summed E-state index contributed by atoms with van der Waals surface area (Å²) in [6.45, 7) is 5.46. The lowest BCUT2D eigenvalue weighted by Gasteiger charge is -2.26. The summed E-state index contributed by atoms with van der Waals surface area (Å²) in [6, 6.07) is 15.6. The molecule has 0 saturated heterocycles. The molecule has 0 saturated carbocycles. The van der Waals surface area contributed by atoms with Crippen LogP contribution in [0.25, 0.3) is 0 Å². The number of amides is 1. The van der Waals surface area contributed by atoms with Crippen LogP contribution in [0.4, 0.5) is 5.69 Å². The molecule has 6 nitrogen and oxygen atoms in total. The third-order valence-corrected chi connectivity index (χ3v) is 6.34. The van der Waals surface area contributed by atoms with Gasteiger partial charge in [0.1, 0.15) is 12.3 Å². The van der Waals surface area contributed by atoms with Gasteiger partial charge in [0.2, 0.25) is 5.91 Å². The highest BCUT2D eigenvalue weighted by Crippen LogP contribution is 2.28. The van der Waals surface area contributed by atoms with Crippen molar-refractivity contribution in [3.05, 3.63) is 83.3 Å². The minimum Gasteiger partial charge on any atom is -0.467 e. The third kappa shape index (κ3) is 4.86. The first kappa shape index (κ1) is 20.7. The van der Waals surface area contributed by atoms with Crippen molar-refractivity contribution in [2.45, 2.75) is 32.2 Å². The topological polar surface area (TPSA) is 79.6 Å². The highest BCUT2D eigenvalue weighted by atomic mass is 32.2. The average molecular weight is 413 g/mol. The molecule has 0 bridgehead atoms. The fraction of sp³-hybridized carbons (Fsp3) is 0.227. The predicted molar refractivity (Wildman–Crippen MR) is 112 cm³/mol. The molecule has 0 unspecified atom stereocenters. The Labute approximate surface area is 171 Å². The van der Waals surface area contributed by atoms with Crippen LogP contribution in [0.2, 0.25) is 0 Å². The van der Waals surface area contributed by atoms with Gasteiger partial charge in [0.25, 0.3) is 10.0 Å². The van der Waals surface area contributed by atoms with E-state index in [1.165, 1.54) is 6.26 Å². The van der Waals surface area contributed by atoms with Crippen molar-refractivity contribution in [2.75, 3.05) is 10.8 Å². The Kier molecular flexibility index (Phi) is 6.08. The van der Waals surface area contributed by atoms with Crippen LogP contribution in [-0.4, -0.2) is 20.9 Å². The number of carbonyl (C=O) groups excluding carboxylic acids is 1. The van der Waals surface area contributed by atoms with E-state index in [1.807, 2.05) is 32.9 Å². The first-order valence-electron chi connectivity index (χ1n) is 9.23. The Morgan fingerprint density at radius 2 is 1.69 bits per heavy atom. The second-order valence-corrected chi connectivity index (χ2v) is 8.83. The van der Waals surface area contributed by atoms with Crippen LogP contribution < -0.4 is 9.62 Å². The molecular weight excluding hydrogens is 388 g/mol. The van der Waals surface area contributed by atoms with Gasteiger partial charge >= 0.3 is 0 Å². The van der Waals surface area contributed by atoms with E-state index in [0.29, 0.717) is 11.4 Å². The van der Waals surface area contributed by atoms with Crippen molar-refractivity contribution in [3.8, 4) is 0 Å². The van der Waals surface area contributed by atoms with Crippen molar-refractivity contribution in [1.82, 2.24) is 5.32 Å². The molecule has 0 aliphatic rings. The lowest BCUT2D eigenvalue weighted by Crippen LogP contribution is -2.41. The Morgan fingerprint density at radius 1 is 1.00 bits per heavy atom. The van der Waals surface area contributed by atoms with E-state index in [9.17, 15) is 13.2 Å². The van der Waals surface area contributed by atoms with Crippen molar-refractivity contribution in [1.29, 1.82) is 0 Å². The molecule has 0 aliphatic carbocycles. The Bertz CT molecular complexity index is 1090. The second-order valence-electron chi connectivity index (χ2n) is 6.97. The largest absolute Gasteiger partial charge is 0.467 e. The lowest BCUT2D eigenvalue weighted by atomic mass is 10.1. The summed E-state index contributed by atoms with van der Waals surface area (Å²) in [5.41, 5.74) is 3.12. The Morgan fingerprint density at radius 3 is 2.34 bits per heavy atom. The number of benzene rings is 2. The van der Waals surface area contributed by atoms with E-state index < -0.39 is 15.9 Å². The molecule has 0 radical (unpaired) electrons. The number of hydrogen-bond acceptors (Lipinski definition) is 4. The maximum atomic E-state index is 13.4. The number of rotatable bonds is 7. The molecule has 0 fully saturated rings. The van der Waals surface area contributed by atoms with Gasteiger partial charge in [-0.25, -0.2) is 8.42 Å². The third-order valence-electron chi connectivity index (χ3n) is 4.57. The summed E-state index contributed by atoms with van der Waals surface area (Å²) in [6.07, 6.45) is 1.52. The fourth-order valence-electron chi connectivity index (χ4n) is 2.91. The van der Waals surface area contributed by atoms with Gasteiger partial charge in [-0.2, -0.15) is 0 Å². The van der Waals surface area contributed by atoms with Crippen molar-refractivity contribution >= 4 is 21.6 Å². The van der Waals surface area contributed by atoms with Gasteiger partial charge in [0.05, 0.1) is 23.4 Å². The summed E-state index contributed by atoms with van der Waals surface area (Å²) in [5, 5.41) is 2.71. The molecule has 29 heavy (non-hydrogen) atoms. The van der Waals surface area contributed by atoms with E-state index in [0.717, 1.165) is 21.0 Å². The molecule has 1 heterocycles. The normalized spacial score (nSPS) is 11.3. The van der Waals surface area contributed by atoms with Gasteiger partial charge in [-0.1, -0.05) is 29.8 Å². The van der Waals surface area contributed by atoms with E-state index in [1.54, 1.807) is 42.5 Å². The van der Waals surface area contributed by atoms with Gasteiger partial charge in [-0.15, -0.1) is 0 Å². The zero-order chi connectivity index (χ0) is 21.0. The molecule has 3 aromatic rings. The maximum Gasteiger partial charge on any atom is 0.264 e. The van der Waals surface area contributed by atoms with Crippen molar-refractivity contribution in [3.63, 3.8) is 0 Å². The fourth-order valence-corrected chi connectivity index (χ4v) is 4.39. The van der Waals surface area contributed by atoms with Crippen LogP contribution in [0.1, 0.15) is 22.5 Å². The van der Waals surface area contributed by atoms with Crippen molar-refractivity contribution in [2.24, 2.45) is 0 Å². The Hall–Kier alpha value is -3.06. The lowest BCUT2D eigenvalue weighted by molar-refractivity contribution is -0.119. The molecule has 1 N–H and O–H groups in total. The maximum absolute atomic E-state index is 13.4. The minimum atomic E-state index is -3.93. The molecule has 3 rings (SSSR count). The quantitative estimate of drug-likeness (QED) is 0.641. The second kappa shape index (κ2) is 8.53. The number of aryl methyl sites for hydroxylation is 3. The average Bonchev–Trinajstić information content (AvgIpc) is 3.20. The van der Waals surface area contributed by atoms with Gasteiger partial charge in [0.15, 0.2) is 0 Å². The molecule has 1 aromatic heterocycles. The zero-order valence-corrected chi connectivity index (χ0v) is 17.5. The zero-order valence-electron chi connectivity index (χ0n) is 16.7. The summed E-state index contributed by atoms with van der Waals surface area (Å²) in [7, 11) is -3.93. The summed E-state index contributed by atoms with van der Waals surface area (Å²) in [5.74, 6) is 0.177. The summed E-state index contributed by atoms with van der Waals surface area (Å²) < 4.78 is 33.2. The van der Waals surface area contributed by atoms with Crippen LogP contribution in [0.5, 0.6) is 0 Å². The number of sulfonamides is 1. The summed E-state index contributed by atoms with van der Waals surface area (Å²) >= 11 is 0. The van der Waals surface area contributed by atoms with E-state index in [2.05, 4.69) is 5.32 Å². The summed E-state index contributed by atoms with van der Waals surface area (Å²) in [4.78, 5) is 12.7. The van der Waals surface area contributed by atoms with Gasteiger partial charge in [-0.3, -0.25) is 9.10 Å². The molecule has 0 atom stereocenters. The molecule has 1 amide bonds. The standard InChI is InChI=1S/C22H24N2O4S/c1-16-7-10-20(11-8-16)29(26,27)24(21-13-17(2)6-9-18(21)3)15-22(25)23-14-19-5-4-12-28-19/h4-13H,14-15H2,1-3H3,(H,23,25). The van der Waals surface area contributed by atoms with Gasteiger partial charge in [0, 0.05) is 0 Å². The minimum absolute atomic E-state index is 0.142. The molecule has 0 aliphatic heterocycles. The van der Waals surface area contributed by atoms with Crippen LogP contribution >= 0.6 is 0 Å². The molecule has 7 heteroatoms. The van der Waals surface area contributed by atoms with E-state index in [4.69, 9.17) is 4.42 Å². The molecule has 0 spiro atoms. The SMILES string of the molecule is Cc1ccc(S(=O)(=O)N(CC(=O)NCc2ccco2)c2cc(C)ccc2C)cc1. The highest BCUT2D eigenvalue weighted by molar-refractivity contribution is 7.92.